The van der Waals surface area contributed by atoms with Gasteiger partial charge in [0.25, 0.3) is 0 Å². The van der Waals surface area contributed by atoms with E-state index in [-0.39, 0.29) is 0 Å². The van der Waals surface area contributed by atoms with Crippen molar-refractivity contribution < 1.29 is 4.21 Å². The summed E-state index contributed by atoms with van der Waals surface area (Å²) in [5, 5.41) is 0. The quantitative estimate of drug-likeness (QED) is 0.656. The van der Waals surface area contributed by atoms with Gasteiger partial charge in [0.05, 0.1) is 4.58 Å². The van der Waals surface area contributed by atoms with Crippen molar-refractivity contribution in [2.45, 2.75) is 38.2 Å². The van der Waals surface area contributed by atoms with Crippen LogP contribution in [0.15, 0.2) is 0 Å². The minimum Gasteiger partial charge on any atom is -0.258 e. The van der Waals surface area contributed by atoms with E-state index in [0.717, 1.165) is 18.6 Å². The lowest BCUT2D eigenvalue weighted by Gasteiger charge is -2.27. The van der Waals surface area contributed by atoms with Crippen LogP contribution in [0.3, 0.4) is 0 Å². The second-order valence-electron chi connectivity index (χ2n) is 4.50. The lowest BCUT2D eigenvalue weighted by molar-refractivity contribution is 0.392. The molecule has 0 aromatic rings. The van der Waals surface area contributed by atoms with E-state index in [2.05, 4.69) is 20.8 Å². The second kappa shape index (κ2) is 4.14. The molecule has 0 bridgehead atoms. The summed E-state index contributed by atoms with van der Waals surface area (Å²) in [5.74, 6) is 2.13. The molecule has 1 nitrogen and oxygen atoms in total. The zero-order valence-electron chi connectivity index (χ0n) is 8.13. The summed E-state index contributed by atoms with van der Waals surface area (Å²) < 4.78 is 12.0. The van der Waals surface area contributed by atoms with Gasteiger partial charge >= 0.3 is 0 Å². The molecule has 0 saturated carbocycles. The Balaban J connectivity index is 2.45. The molecule has 0 unspecified atom stereocenters. The van der Waals surface area contributed by atoms with Crippen LogP contribution in [-0.2, 0) is 10.8 Å². The van der Waals surface area contributed by atoms with Crippen LogP contribution >= 0.6 is 11.8 Å². The van der Waals surface area contributed by atoms with Crippen molar-refractivity contribution in [3.05, 3.63) is 0 Å². The highest BCUT2D eigenvalue weighted by atomic mass is 32.2. The summed E-state index contributed by atoms with van der Waals surface area (Å²) in [4.78, 5) is 0. The Morgan fingerprint density at radius 3 is 2.67 bits per heavy atom. The van der Waals surface area contributed by atoms with Crippen LogP contribution in [0.5, 0.6) is 0 Å². The highest BCUT2D eigenvalue weighted by Crippen LogP contribution is 2.32. The highest BCUT2D eigenvalue weighted by Gasteiger charge is 2.26. The standard InChI is InChI=1S/C9H18OS2/c1-9(2,3)7-8-11-5-4-6-12(8)10/h8H,4-7H2,1-3H3/t8-,12-/m0/s1. The topological polar surface area (TPSA) is 17.1 Å². The van der Waals surface area contributed by atoms with Gasteiger partial charge in [-0.25, -0.2) is 0 Å². The van der Waals surface area contributed by atoms with Gasteiger partial charge in [-0.05, 0) is 24.0 Å². The van der Waals surface area contributed by atoms with Gasteiger partial charge in [0, 0.05) is 16.6 Å². The fraction of sp³-hybridized carbons (Fsp3) is 1.00. The van der Waals surface area contributed by atoms with E-state index >= 15 is 0 Å². The average molecular weight is 206 g/mol. The van der Waals surface area contributed by atoms with Crippen LogP contribution in [0.4, 0.5) is 0 Å². The molecule has 0 radical (unpaired) electrons. The van der Waals surface area contributed by atoms with Crippen LogP contribution in [0, 0.1) is 5.41 Å². The predicted octanol–water partition coefficient (Wildman–Crippen LogP) is 2.63. The third kappa shape index (κ3) is 3.48. The maximum atomic E-state index is 11.6. The summed E-state index contributed by atoms with van der Waals surface area (Å²) in [6.45, 7) is 6.66. The Kier molecular flexibility index (Phi) is 3.65. The summed E-state index contributed by atoms with van der Waals surface area (Å²) >= 11 is 1.90. The van der Waals surface area contributed by atoms with Gasteiger partial charge in [0.15, 0.2) is 0 Å². The first-order chi connectivity index (χ1) is 5.49. The lowest BCUT2D eigenvalue weighted by atomic mass is 9.93. The van der Waals surface area contributed by atoms with Crippen LogP contribution in [0.25, 0.3) is 0 Å². The molecule has 2 atom stereocenters. The minimum absolute atomic E-state index is 0.324. The summed E-state index contributed by atoms with van der Waals surface area (Å²) in [7, 11) is -0.562. The predicted molar refractivity (Wildman–Crippen MR) is 57.9 cm³/mol. The van der Waals surface area contributed by atoms with E-state index in [4.69, 9.17) is 0 Å². The lowest BCUT2D eigenvalue weighted by Crippen LogP contribution is -2.25. The molecule has 3 heteroatoms. The fourth-order valence-electron chi connectivity index (χ4n) is 1.28. The first-order valence-electron chi connectivity index (χ1n) is 4.48. The van der Waals surface area contributed by atoms with Crippen LogP contribution < -0.4 is 0 Å². The smallest absolute Gasteiger partial charge is 0.0806 e. The maximum Gasteiger partial charge on any atom is 0.0806 e. The Bertz CT molecular complexity index is 172. The normalized spacial score (nSPS) is 31.9. The molecule has 72 valence electrons. The number of rotatable bonds is 1. The summed E-state index contributed by atoms with van der Waals surface area (Å²) in [6.07, 6.45) is 2.22. The highest BCUT2D eigenvalue weighted by molar-refractivity contribution is 8.11. The number of thioether (sulfide) groups is 1. The van der Waals surface area contributed by atoms with E-state index in [9.17, 15) is 4.21 Å². The molecule has 1 rings (SSSR count). The molecule has 0 amide bonds. The zero-order valence-corrected chi connectivity index (χ0v) is 9.76. The van der Waals surface area contributed by atoms with Gasteiger partial charge in [0.2, 0.25) is 0 Å². The van der Waals surface area contributed by atoms with E-state index < -0.39 is 10.8 Å². The van der Waals surface area contributed by atoms with Gasteiger partial charge in [0.1, 0.15) is 0 Å². The molecule has 1 aliphatic rings. The average Bonchev–Trinajstić information content (AvgIpc) is 1.91. The molecule has 12 heavy (non-hydrogen) atoms. The molecular weight excluding hydrogens is 188 g/mol. The fourth-order valence-corrected chi connectivity index (χ4v) is 5.21. The number of hydrogen-bond acceptors (Lipinski definition) is 2. The maximum absolute atomic E-state index is 11.6. The van der Waals surface area contributed by atoms with Crippen molar-refractivity contribution in [2.24, 2.45) is 5.41 Å². The molecule has 1 heterocycles. The zero-order chi connectivity index (χ0) is 9.19. The van der Waals surface area contributed by atoms with Gasteiger partial charge in [-0.3, -0.25) is 4.21 Å². The monoisotopic (exact) mass is 206 g/mol. The summed E-state index contributed by atoms with van der Waals surface area (Å²) in [5.41, 5.74) is 0.324. The SMILES string of the molecule is CC(C)(C)C[C@H]1SCCC[S@@]1=O. The molecule has 1 saturated heterocycles. The van der Waals surface area contributed by atoms with E-state index in [0.29, 0.717) is 10.00 Å². The van der Waals surface area contributed by atoms with Gasteiger partial charge in [-0.15, -0.1) is 11.8 Å². The number of hydrogen-bond donors (Lipinski definition) is 0. The molecule has 1 fully saturated rings. The second-order valence-corrected chi connectivity index (χ2v) is 7.85. The molecule has 0 N–H and O–H groups in total. The molecule has 0 spiro atoms. The van der Waals surface area contributed by atoms with E-state index in [1.165, 1.54) is 5.75 Å². The Labute approximate surface area is 82.2 Å². The Morgan fingerprint density at radius 1 is 1.50 bits per heavy atom. The summed E-state index contributed by atoms with van der Waals surface area (Å²) in [6, 6.07) is 0. The molecule has 0 aromatic heterocycles. The van der Waals surface area contributed by atoms with Crippen molar-refractivity contribution >= 4 is 22.6 Å². The van der Waals surface area contributed by atoms with Crippen LogP contribution in [-0.4, -0.2) is 20.3 Å². The van der Waals surface area contributed by atoms with Crippen molar-refractivity contribution in [1.29, 1.82) is 0 Å². The molecular formula is C9H18OS2. The minimum atomic E-state index is -0.562. The van der Waals surface area contributed by atoms with E-state index in [1.54, 1.807) is 0 Å². The van der Waals surface area contributed by atoms with Crippen LogP contribution in [0.2, 0.25) is 0 Å². The van der Waals surface area contributed by atoms with Crippen molar-refractivity contribution in [1.82, 2.24) is 0 Å². The van der Waals surface area contributed by atoms with E-state index in [1.807, 2.05) is 11.8 Å². The van der Waals surface area contributed by atoms with Gasteiger partial charge in [-0.2, -0.15) is 0 Å². The van der Waals surface area contributed by atoms with Crippen molar-refractivity contribution in [3.8, 4) is 0 Å². The molecule has 1 aliphatic heterocycles. The largest absolute Gasteiger partial charge is 0.258 e. The first kappa shape index (κ1) is 10.6. The third-order valence-corrected chi connectivity index (χ3v) is 5.43. The molecule has 0 aliphatic carbocycles. The molecule has 0 aromatic carbocycles. The van der Waals surface area contributed by atoms with Gasteiger partial charge in [-0.1, -0.05) is 20.8 Å². The van der Waals surface area contributed by atoms with Crippen molar-refractivity contribution in [2.75, 3.05) is 11.5 Å². The Morgan fingerprint density at radius 2 is 2.17 bits per heavy atom. The van der Waals surface area contributed by atoms with Crippen molar-refractivity contribution in [3.63, 3.8) is 0 Å². The Hall–Kier alpha value is 0.500. The van der Waals surface area contributed by atoms with Gasteiger partial charge < -0.3 is 0 Å². The first-order valence-corrected chi connectivity index (χ1v) is 6.91. The van der Waals surface area contributed by atoms with Crippen LogP contribution in [0.1, 0.15) is 33.6 Å². The third-order valence-electron chi connectivity index (χ3n) is 1.87.